The Kier molecular flexibility index (Phi) is 6.64. The van der Waals surface area contributed by atoms with Crippen molar-refractivity contribution in [2.45, 2.75) is 30.7 Å². The Labute approximate surface area is 192 Å². The number of fused-ring (bicyclic) bond motifs is 1. The highest BCUT2D eigenvalue weighted by atomic mass is 16.7. The number of aromatic hydroxyl groups is 1. The first-order valence-electron chi connectivity index (χ1n) is 10.3. The second-order valence-corrected chi connectivity index (χ2v) is 7.65. The molecule has 1 aliphatic rings. The maximum Gasteiger partial charge on any atom is 0.239 e. The molecule has 11 heteroatoms. The van der Waals surface area contributed by atoms with Gasteiger partial charge in [0.25, 0.3) is 0 Å². The summed E-state index contributed by atoms with van der Waals surface area (Å²) in [6.07, 6.45) is -7.52. The van der Waals surface area contributed by atoms with Gasteiger partial charge in [0.1, 0.15) is 52.6 Å². The molecule has 5 atom stereocenters. The molecule has 2 aromatic carbocycles. The summed E-state index contributed by atoms with van der Waals surface area (Å²) in [5.41, 5.74) is -0.154. The lowest BCUT2D eigenvalue weighted by atomic mass is 9.99. The molecule has 1 aromatic heterocycles. The zero-order valence-corrected chi connectivity index (χ0v) is 18.2. The van der Waals surface area contributed by atoms with Crippen LogP contribution in [-0.4, -0.2) is 77.1 Å². The van der Waals surface area contributed by atoms with Crippen LogP contribution in [0.2, 0.25) is 0 Å². The third-order valence-corrected chi connectivity index (χ3v) is 5.56. The lowest BCUT2D eigenvalue weighted by molar-refractivity contribution is -0.277. The highest BCUT2D eigenvalue weighted by molar-refractivity contribution is 5.88. The zero-order chi connectivity index (χ0) is 24.6. The molecule has 11 nitrogen and oxygen atoms in total. The predicted octanol–water partition coefficient (Wildman–Crippen LogP) is 0.361. The van der Waals surface area contributed by atoms with Crippen LogP contribution in [0.5, 0.6) is 23.0 Å². The van der Waals surface area contributed by atoms with Gasteiger partial charge in [-0.2, -0.15) is 0 Å². The fourth-order valence-electron chi connectivity index (χ4n) is 3.74. The van der Waals surface area contributed by atoms with Crippen LogP contribution in [0.25, 0.3) is 22.3 Å². The Hall–Kier alpha value is -3.35. The average Bonchev–Trinajstić information content (AvgIpc) is 2.84. The van der Waals surface area contributed by atoms with E-state index in [-0.39, 0.29) is 28.2 Å². The maximum atomic E-state index is 13.0. The molecule has 0 saturated carbocycles. The molecular formula is C23H24O11. The molecule has 3 aromatic rings. The molecule has 182 valence electrons. The molecule has 0 unspecified atom stereocenters. The Morgan fingerprint density at radius 2 is 1.65 bits per heavy atom. The topological polar surface area (TPSA) is 168 Å². The van der Waals surface area contributed by atoms with Crippen molar-refractivity contribution in [1.29, 1.82) is 0 Å². The summed E-state index contributed by atoms with van der Waals surface area (Å²) in [6, 6.07) is 9.08. The molecule has 0 aliphatic carbocycles. The first-order valence-corrected chi connectivity index (χ1v) is 10.3. The van der Waals surface area contributed by atoms with Crippen LogP contribution >= 0.6 is 0 Å². The summed E-state index contributed by atoms with van der Waals surface area (Å²) >= 11 is 0. The van der Waals surface area contributed by atoms with Gasteiger partial charge >= 0.3 is 0 Å². The van der Waals surface area contributed by atoms with E-state index in [9.17, 15) is 30.3 Å². The quantitative estimate of drug-likeness (QED) is 0.333. The molecule has 1 fully saturated rings. The second-order valence-electron chi connectivity index (χ2n) is 7.65. The van der Waals surface area contributed by atoms with Gasteiger partial charge < -0.3 is 48.9 Å². The number of benzene rings is 2. The van der Waals surface area contributed by atoms with Crippen molar-refractivity contribution < 1.29 is 48.9 Å². The van der Waals surface area contributed by atoms with E-state index in [1.54, 1.807) is 24.3 Å². The molecule has 0 spiro atoms. The summed E-state index contributed by atoms with van der Waals surface area (Å²) in [6.45, 7) is -0.631. The molecular weight excluding hydrogens is 452 g/mol. The monoisotopic (exact) mass is 476 g/mol. The first-order chi connectivity index (χ1) is 16.3. The largest absolute Gasteiger partial charge is 0.507 e. The molecule has 0 amide bonds. The second kappa shape index (κ2) is 9.49. The van der Waals surface area contributed by atoms with Gasteiger partial charge in [-0.1, -0.05) is 0 Å². The normalized spacial score (nSPS) is 24.7. The van der Waals surface area contributed by atoms with Crippen LogP contribution in [0.3, 0.4) is 0 Å². The number of ether oxygens (including phenoxy) is 4. The summed E-state index contributed by atoms with van der Waals surface area (Å²) in [5.74, 6) is 0.0371. The minimum absolute atomic E-state index is 0.0452. The van der Waals surface area contributed by atoms with Crippen molar-refractivity contribution in [2.24, 2.45) is 0 Å². The van der Waals surface area contributed by atoms with Gasteiger partial charge in [0.15, 0.2) is 5.76 Å². The van der Waals surface area contributed by atoms with E-state index in [4.69, 9.17) is 23.4 Å². The van der Waals surface area contributed by atoms with Crippen molar-refractivity contribution >= 4 is 11.0 Å². The van der Waals surface area contributed by atoms with Gasteiger partial charge in [0, 0.05) is 17.7 Å². The van der Waals surface area contributed by atoms with Gasteiger partial charge in [0.2, 0.25) is 17.5 Å². The number of phenolic OH excluding ortho intramolecular Hbond substituents is 1. The van der Waals surface area contributed by atoms with Crippen LogP contribution in [0.1, 0.15) is 0 Å². The van der Waals surface area contributed by atoms with E-state index in [0.717, 1.165) is 6.07 Å². The fraction of sp³-hybridized carbons (Fsp3) is 0.348. The standard InChI is InChI=1S/C23H24O11/c1-30-11-5-3-10(4-6-11)21-22(31-2)18(27)16-13(25)7-12(8-14(16)33-21)32-23-20(29)19(28)17(26)15(9-24)34-23/h3-8,15,17,19-20,23-26,28-29H,9H2,1-2H3/t15-,17-,19+,20-,23-/m1/s1. The summed E-state index contributed by atoms with van der Waals surface area (Å²) in [7, 11) is 2.82. The lowest BCUT2D eigenvalue weighted by Gasteiger charge is -2.39. The maximum absolute atomic E-state index is 13.0. The summed E-state index contributed by atoms with van der Waals surface area (Å²) < 4.78 is 27.2. The smallest absolute Gasteiger partial charge is 0.239 e. The van der Waals surface area contributed by atoms with Crippen LogP contribution < -0.4 is 19.6 Å². The van der Waals surface area contributed by atoms with Crippen molar-refractivity contribution in [2.75, 3.05) is 20.8 Å². The van der Waals surface area contributed by atoms with Gasteiger partial charge in [-0.3, -0.25) is 4.79 Å². The summed E-state index contributed by atoms with van der Waals surface area (Å²) in [5, 5.41) is 49.8. The molecule has 5 N–H and O–H groups in total. The zero-order valence-electron chi connectivity index (χ0n) is 18.2. The first kappa shape index (κ1) is 23.8. The van der Waals surface area contributed by atoms with E-state index >= 15 is 0 Å². The van der Waals surface area contributed by atoms with Crippen LogP contribution in [0, 0.1) is 0 Å². The van der Waals surface area contributed by atoms with E-state index in [0.29, 0.717) is 11.3 Å². The van der Waals surface area contributed by atoms with Crippen molar-refractivity contribution in [3.63, 3.8) is 0 Å². The molecule has 0 bridgehead atoms. The van der Waals surface area contributed by atoms with Gasteiger partial charge in [-0.05, 0) is 24.3 Å². The average molecular weight is 476 g/mol. The van der Waals surface area contributed by atoms with E-state index < -0.39 is 48.5 Å². The third kappa shape index (κ3) is 4.15. The number of hydrogen-bond donors (Lipinski definition) is 5. The number of hydrogen-bond acceptors (Lipinski definition) is 11. The van der Waals surface area contributed by atoms with E-state index in [1.807, 2.05) is 0 Å². The Bertz CT molecular complexity index is 1220. The van der Waals surface area contributed by atoms with Crippen LogP contribution in [-0.2, 0) is 4.74 Å². The highest BCUT2D eigenvalue weighted by Crippen LogP contribution is 2.37. The van der Waals surface area contributed by atoms with Crippen LogP contribution in [0.4, 0.5) is 0 Å². The van der Waals surface area contributed by atoms with Crippen molar-refractivity contribution in [3.8, 4) is 34.3 Å². The Morgan fingerprint density at radius 1 is 0.941 bits per heavy atom. The fourth-order valence-corrected chi connectivity index (χ4v) is 3.74. The van der Waals surface area contributed by atoms with Crippen molar-refractivity contribution in [1.82, 2.24) is 0 Å². The molecule has 2 heterocycles. The predicted molar refractivity (Wildman–Crippen MR) is 117 cm³/mol. The highest BCUT2D eigenvalue weighted by Gasteiger charge is 2.44. The molecule has 4 rings (SSSR count). The van der Waals surface area contributed by atoms with Gasteiger partial charge in [0.05, 0.1) is 20.8 Å². The minimum Gasteiger partial charge on any atom is -0.507 e. The minimum atomic E-state index is -1.66. The molecule has 1 aliphatic heterocycles. The number of aliphatic hydroxyl groups excluding tert-OH is 4. The SMILES string of the molecule is COc1ccc(-c2oc3cc(O[C@@H]4O[C@H](CO)[C@@H](O)[C@H](O)[C@H]4O)cc(O)c3c(=O)c2OC)cc1. The van der Waals surface area contributed by atoms with E-state index in [2.05, 4.69) is 0 Å². The lowest BCUT2D eigenvalue weighted by Crippen LogP contribution is -2.60. The number of methoxy groups -OCH3 is 2. The van der Waals surface area contributed by atoms with E-state index in [1.165, 1.54) is 20.3 Å². The van der Waals surface area contributed by atoms with Crippen molar-refractivity contribution in [3.05, 3.63) is 46.6 Å². The number of phenols is 1. The van der Waals surface area contributed by atoms with Crippen LogP contribution in [0.15, 0.2) is 45.6 Å². The van der Waals surface area contributed by atoms with Gasteiger partial charge in [-0.25, -0.2) is 0 Å². The van der Waals surface area contributed by atoms with Gasteiger partial charge in [-0.15, -0.1) is 0 Å². The number of rotatable bonds is 6. The third-order valence-electron chi connectivity index (χ3n) is 5.56. The molecule has 1 saturated heterocycles. The Morgan fingerprint density at radius 3 is 2.26 bits per heavy atom. The molecule has 0 radical (unpaired) electrons. The molecule has 34 heavy (non-hydrogen) atoms. The summed E-state index contributed by atoms with van der Waals surface area (Å²) in [4.78, 5) is 13.0. The number of aliphatic hydroxyl groups is 4. The Balaban J connectivity index is 1.76.